The van der Waals surface area contributed by atoms with E-state index in [1.165, 1.54) is 0 Å². The zero-order chi connectivity index (χ0) is 19.5. The van der Waals surface area contributed by atoms with Crippen LogP contribution < -0.4 is 4.74 Å². The van der Waals surface area contributed by atoms with Crippen LogP contribution in [0, 0.1) is 0 Å². The van der Waals surface area contributed by atoms with E-state index in [4.69, 9.17) is 9.84 Å². The summed E-state index contributed by atoms with van der Waals surface area (Å²) in [7, 11) is 1.65. The van der Waals surface area contributed by atoms with E-state index >= 15 is 0 Å². The first-order chi connectivity index (χ1) is 13.7. The molecule has 0 aliphatic carbocycles. The molecule has 0 bridgehead atoms. The molecule has 0 radical (unpaired) electrons. The molecule has 0 fully saturated rings. The summed E-state index contributed by atoms with van der Waals surface area (Å²) in [5.41, 5.74) is 3.45. The van der Waals surface area contributed by atoms with Gasteiger partial charge in [-0.05, 0) is 35.9 Å². The van der Waals surface area contributed by atoms with E-state index in [-0.39, 0.29) is 11.9 Å². The predicted octanol–water partition coefficient (Wildman–Crippen LogP) is 5.45. The number of methoxy groups -OCH3 is 1. The van der Waals surface area contributed by atoms with Crippen molar-refractivity contribution in [2.75, 3.05) is 7.11 Å². The van der Waals surface area contributed by atoms with Crippen LogP contribution in [0.4, 0.5) is 0 Å². The summed E-state index contributed by atoms with van der Waals surface area (Å²) < 4.78 is 6.56. The number of ether oxygens (including phenoxy) is 1. The van der Waals surface area contributed by atoms with Gasteiger partial charge in [0.05, 0.1) is 18.9 Å². The van der Waals surface area contributed by atoms with Crippen molar-refractivity contribution in [3.05, 3.63) is 100 Å². The van der Waals surface area contributed by atoms with E-state index in [1.54, 1.807) is 12.1 Å². The van der Waals surface area contributed by atoms with Gasteiger partial charge in [0.15, 0.2) is 0 Å². The van der Waals surface area contributed by atoms with Crippen LogP contribution in [-0.2, 0) is 0 Å². The third-order valence-corrected chi connectivity index (χ3v) is 5.34. The maximum atomic E-state index is 13.2. The van der Waals surface area contributed by atoms with E-state index < -0.39 is 0 Å². The van der Waals surface area contributed by atoms with Crippen molar-refractivity contribution in [3.8, 4) is 5.75 Å². The molecular formula is C23H19BrN2O2. The van der Waals surface area contributed by atoms with Crippen LogP contribution in [0.25, 0.3) is 0 Å². The predicted molar refractivity (Wildman–Crippen MR) is 114 cm³/mol. The molecule has 0 saturated carbocycles. The largest absolute Gasteiger partial charge is 0.496 e. The summed E-state index contributed by atoms with van der Waals surface area (Å²) in [6.07, 6.45) is 0.626. The van der Waals surface area contributed by atoms with Crippen LogP contribution in [0.15, 0.2) is 88.4 Å². The van der Waals surface area contributed by atoms with E-state index in [0.29, 0.717) is 12.0 Å². The number of rotatable bonds is 4. The van der Waals surface area contributed by atoms with Gasteiger partial charge in [0.25, 0.3) is 5.91 Å². The monoisotopic (exact) mass is 434 g/mol. The summed E-state index contributed by atoms with van der Waals surface area (Å²) in [5.74, 6) is 0.634. The Morgan fingerprint density at radius 2 is 1.68 bits per heavy atom. The third kappa shape index (κ3) is 3.58. The molecule has 1 aliphatic rings. The highest BCUT2D eigenvalue weighted by atomic mass is 79.9. The SMILES string of the molecule is COc1ccccc1[C@H]1CC(c2ccc(Br)cc2)=NN1C(=O)c1ccccc1. The maximum Gasteiger partial charge on any atom is 0.274 e. The third-order valence-electron chi connectivity index (χ3n) is 4.81. The van der Waals surface area contributed by atoms with Gasteiger partial charge < -0.3 is 4.74 Å². The number of amides is 1. The van der Waals surface area contributed by atoms with Crippen molar-refractivity contribution < 1.29 is 9.53 Å². The molecule has 4 rings (SSSR count). The Hall–Kier alpha value is -2.92. The zero-order valence-electron chi connectivity index (χ0n) is 15.4. The van der Waals surface area contributed by atoms with Gasteiger partial charge in [0.1, 0.15) is 5.75 Å². The van der Waals surface area contributed by atoms with E-state index in [2.05, 4.69) is 15.9 Å². The normalized spacial score (nSPS) is 16.0. The van der Waals surface area contributed by atoms with Crippen LogP contribution >= 0.6 is 15.9 Å². The minimum absolute atomic E-state index is 0.122. The Labute approximate surface area is 172 Å². The minimum atomic E-state index is -0.220. The number of para-hydroxylation sites is 1. The van der Waals surface area contributed by atoms with Gasteiger partial charge in [-0.15, -0.1) is 0 Å². The topological polar surface area (TPSA) is 41.9 Å². The fraction of sp³-hybridized carbons (Fsp3) is 0.130. The summed E-state index contributed by atoms with van der Waals surface area (Å²) in [6.45, 7) is 0. The fourth-order valence-electron chi connectivity index (χ4n) is 3.41. The highest BCUT2D eigenvalue weighted by Crippen LogP contribution is 2.38. The number of hydrogen-bond donors (Lipinski definition) is 0. The quantitative estimate of drug-likeness (QED) is 0.547. The van der Waals surface area contributed by atoms with Crippen molar-refractivity contribution in [3.63, 3.8) is 0 Å². The second-order valence-electron chi connectivity index (χ2n) is 6.53. The van der Waals surface area contributed by atoms with Gasteiger partial charge in [0, 0.05) is 22.0 Å². The molecule has 1 atom stereocenters. The number of carbonyl (C=O) groups excluding carboxylic acids is 1. The van der Waals surface area contributed by atoms with Gasteiger partial charge in [-0.2, -0.15) is 5.10 Å². The Bertz CT molecular complexity index is 1020. The molecule has 0 unspecified atom stereocenters. The first-order valence-electron chi connectivity index (χ1n) is 9.02. The van der Waals surface area contributed by atoms with E-state index in [1.807, 2.05) is 78.9 Å². The highest BCUT2D eigenvalue weighted by Gasteiger charge is 2.35. The summed E-state index contributed by atoms with van der Waals surface area (Å²) >= 11 is 3.47. The van der Waals surface area contributed by atoms with Gasteiger partial charge >= 0.3 is 0 Å². The van der Waals surface area contributed by atoms with Crippen LogP contribution in [0.1, 0.15) is 33.9 Å². The number of carbonyl (C=O) groups is 1. The zero-order valence-corrected chi connectivity index (χ0v) is 17.0. The Kier molecular flexibility index (Phi) is 5.26. The number of nitrogens with zero attached hydrogens (tertiary/aromatic N) is 2. The molecule has 5 heteroatoms. The summed E-state index contributed by atoms with van der Waals surface area (Å²) in [5, 5.41) is 6.31. The lowest BCUT2D eigenvalue weighted by Gasteiger charge is -2.23. The number of benzene rings is 3. The lowest BCUT2D eigenvalue weighted by molar-refractivity contribution is 0.0709. The van der Waals surface area contributed by atoms with Gasteiger partial charge in [-0.3, -0.25) is 4.79 Å². The molecule has 1 aliphatic heterocycles. The van der Waals surface area contributed by atoms with Crippen molar-refractivity contribution >= 4 is 27.5 Å². The lowest BCUT2D eigenvalue weighted by atomic mass is 9.97. The molecule has 140 valence electrons. The molecule has 0 spiro atoms. The molecule has 0 aromatic heterocycles. The van der Waals surface area contributed by atoms with Crippen LogP contribution in [0.3, 0.4) is 0 Å². The van der Waals surface area contributed by atoms with Crippen LogP contribution in [0.2, 0.25) is 0 Å². The maximum absolute atomic E-state index is 13.2. The molecule has 1 heterocycles. The highest BCUT2D eigenvalue weighted by molar-refractivity contribution is 9.10. The second kappa shape index (κ2) is 7.98. The Morgan fingerprint density at radius 3 is 2.39 bits per heavy atom. The summed E-state index contributed by atoms with van der Waals surface area (Å²) in [6, 6.07) is 24.8. The molecule has 28 heavy (non-hydrogen) atoms. The van der Waals surface area contributed by atoms with Crippen molar-refractivity contribution in [2.45, 2.75) is 12.5 Å². The molecule has 4 nitrogen and oxygen atoms in total. The average Bonchev–Trinajstić information content (AvgIpc) is 3.19. The van der Waals surface area contributed by atoms with E-state index in [9.17, 15) is 4.79 Å². The van der Waals surface area contributed by atoms with E-state index in [0.717, 1.165) is 27.1 Å². The second-order valence-corrected chi connectivity index (χ2v) is 7.45. The van der Waals surface area contributed by atoms with Crippen molar-refractivity contribution in [2.24, 2.45) is 5.10 Å². The molecule has 3 aromatic rings. The molecular weight excluding hydrogens is 416 g/mol. The van der Waals surface area contributed by atoms with Gasteiger partial charge in [0.2, 0.25) is 0 Å². The molecule has 3 aromatic carbocycles. The summed E-state index contributed by atoms with van der Waals surface area (Å²) in [4.78, 5) is 13.2. The standard InChI is InChI=1S/C23H19BrN2O2/c1-28-22-10-6-5-9-19(22)21-15-20(16-11-13-18(24)14-12-16)25-26(21)23(27)17-7-3-2-4-8-17/h2-14,21H,15H2,1H3/t21-/m1/s1. The smallest absolute Gasteiger partial charge is 0.274 e. The first-order valence-corrected chi connectivity index (χ1v) is 9.81. The lowest BCUT2D eigenvalue weighted by Crippen LogP contribution is -2.27. The number of hydrazone groups is 1. The van der Waals surface area contributed by atoms with Crippen LogP contribution in [0.5, 0.6) is 5.75 Å². The minimum Gasteiger partial charge on any atom is -0.496 e. The fourth-order valence-corrected chi connectivity index (χ4v) is 3.68. The Morgan fingerprint density at radius 1 is 1.00 bits per heavy atom. The first kappa shape index (κ1) is 18.4. The van der Waals surface area contributed by atoms with Crippen molar-refractivity contribution in [1.29, 1.82) is 0 Å². The van der Waals surface area contributed by atoms with Crippen LogP contribution in [-0.4, -0.2) is 23.7 Å². The molecule has 0 saturated heterocycles. The van der Waals surface area contributed by atoms with Gasteiger partial charge in [-0.25, -0.2) is 5.01 Å². The molecule has 1 amide bonds. The Balaban J connectivity index is 1.76. The van der Waals surface area contributed by atoms with Crippen molar-refractivity contribution in [1.82, 2.24) is 5.01 Å². The average molecular weight is 435 g/mol. The van der Waals surface area contributed by atoms with Gasteiger partial charge in [-0.1, -0.05) is 64.5 Å². The number of halogens is 1. The number of hydrogen-bond acceptors (Lipinski definition) is 3. The molecule has 0 N–H and O–H groups in total.